The fourth-order valence-electron chi connectivity index (χ4n) is 0.567. The predicted octanol–water partition coefficient (Wildman–Crippen LogP) is 1.19. The van der Waals surface area contributed by atoms with Gasteiger partial charge in [-0.2, -0.15) is 5.48 Å². The zero-order valence-electron chi connectivity index (χ0n) is 6.04. The molecule has 0 aliphatic carbocycles. The number of terminal acetylenes is 1. The Bertz CT molecular complexity index is 223. The number of rotatable bonds is 4. The predicted molar refractivity (Wildman–Crippen MR) is 40.8 cm³/mol. The van der Waals surface area contributed by atoms with Crippen LogP contribution in [-0.4, -0.2) is 6.54 Å². The van der Waals surface area contributed by atoms with E-state index >= 15 is 0 Å². The summed E-state index contributed by atoms with van der Waals surface area (Å²) in [4.78, 5) is 4.94. The molecule has 1 rings (SSSR count). The molecule has 1 heterocycles. The van der Waals surface area contributed by atoms with Gasteiger partial charge < -0.3 is 9.25 Å². The molecule has 0 aliphatic heterocycles. The largest absolute Gasteiger partial charge is 0.433 e. The SMILES string of the molecule is C#CCCNOc1ccco1. The molecule has 0 fully saturated rings. The fraction of sp³-hybridized carbons (Fsp3) is 0.250. The maximum atomic E-state index is 5.02. The van der Waals surface area contributed by atoms with Crippen molar-refractivity contribution >= 4 is 0 Å². The summed E-state index contributed by atoms with van der Waals surface area (Å²) in [5.41, 5.74) is 2.65. The van der Waals surface area contributed by atoms with Gasteiger partial charge in [-0.05, 0) is 6.07 Å². The summed E-state index contributed by atoms with van der Waals surface area (Å²) in [7, 11) is 0. The molecular weight excluding hydrogens is 142 g/mol. The zero-order valence-corrected chi connectivity index (χ0v) is 6.04. The van der Waals surface area contributed by atoms with Crippen LogP contribution in [0.2, 0.25) is 0 Å². The molecule has 11 heavy (non-hydrogen) atoms. The van der Waals surface area contributed by atoms with E-state index in [9.17, 15) is 0 Å². The molecule has 1 aromatic rings. The van der Waals surface area contributed by atoms with Crippen molar-refractivity contribution < 1.29 is 9.25 Å². The highest BCUT2D eigenvalue weighted by Gasteiger charge is 1.92. The maximum absolute atomic E-state index is 5.02. The number of hydrogen-bond acceptors (Lipinski definition) is 3. The highest BCUT2D eigenvalue weighted by molar-refractivity contribution is 5.03. The van der Waals surface area contributed by atoms with Gasteiger partial charge in [-0.3, -0.25) is 0 Å². The van der Waals surface area contributed by atoms with E-state index in [2.05, 4.69) is 11.4 Å². The quantitative estimate of drug-likeness (QED) is 0.398. The first-order chi connectivity index (χ1) is 5.43. The van der Waals surface area contributed by atoms with Gasteiger partial charge in [0.05, 0.1) is 6.26 Å². The van der Waals surface area contributed by atoms with Crippen LogP contribution >= 0.6 is 0 Å². The van der Waals surface area contributed by atoms with E-state index in [0.717, 1.165) is 0 Å². The Morgan fingerprint density at radius 1 is 1.73 bits per heavy atom. The van der Waals surface area contributed by atoms with Gasteiger partial charge in [0.15, 0.2) is 0 Å². The van der Waals surface area contributed by atoms with Gasteiger partial charge in [-0.15, -0.1) is 12.3 Å². The first-order valence-corrected chi connectivity index (χ1v) is 3.30. The van der Waals surface area contributed by atoms with Crippen molar-refractivity contribution in [3.63, 3.8) is 0 Å². The Morgan fingerprint density at radius 3 is 3.27 bits per heavy atom. The summed E-state index contributed by atoms with van der Waals surface area (Å²) in [5.74, 6) is 2.92. The Balaban J connectivity index is 2.10. The molecule has 0 aromatic carbocycles. The van der Waals surface area contributed by atoms with E-state index in [1.807, 2.05) is 0 Å². The average Bonchev–Trinajstić information content (AvgIpc) is 2.50. The maximum Gasteiger partial charge on any atom is 0.304 e. The van der Waals surface area contributed by atoms with Gasteiger partial charge in [0, 0.05) is 19.0 Å². The van der Waals surface area contributed by atoms with Crippen molar-refractivity contribution in [2.75, 3.05) is 6.54 Å². The Kier molecular flexibility index (Phi) is 3.10. The molecule has 0 radical (unpaired) electrons. The van der Waals surface area contributed by atoms with E-state index in [0.29, 0.717) is 18.9 Å². The topological polar surface area (TPSA) is 34.4 Å². The Morgan fingerprint density at radius 2 is 2.64 bits per heavy atom. The van der Waals surface area contributed by atoms with Crippen LogP contribution in [0.1, 0.15) is 6.42 Å². The van der Waals surface area contributed by atoms with Crippen LogP contribution in [0, 0.1) is 12.3 Å². The van der Waals surface area contributed by atoms with Crippen molar-refractivity contribution in [2.45, 2.75) is 6.42 Å². The third-order valence-electron chi connectivity index (χ3n) is 1.04. The lowest BCUT2D eigenvalue weighted by molar-refractivity contribution is 0.150. The monoisotopic (exact) mass is 151 g/mol. The molecule has 0 unspecified atom stereocenters. The molecular formula is C8H9NO2. The van der Waals surface area contributed by atoms with E-state index in [1.165, 1.54) is 6.26 Å². The first kappa shape index (κ1) is 7.70. The molecule has 1 aromatic heterocycles. The minimum atomic E-state index is 0.446. The lowest BCUT2D eigenvalue weighted by Gasteiger charge is -1.99. The molecule has 3 heteroatoms. The second-order valence-corrected chi connectivity index (χ2v) is 1.88. The first-order valence-electron chi connectivity index (χ1n) is 3.30. The van der Waals surface area contributed by atoms with Crippen LogP contribution in [0.4, 0.5) is 0 Å². The smallest absolute Gasteiger partial charge is 0.304 e. The standard InChI is InChI=1S/C8H9NO2/c1-2-3-6-9-11-8-5-4-7-10-8/h1,4-5,7,9H,3,6H2. The molecule has 0 amide bonds. The number of furan rings is 1. The average molecular weight is 151 g/mol. The summed E-state index contributed by atoms with van der Waals surface area (Å²) < 4.78 is 4.88. The molecule has 0 aliphatic rings. The highest BCUT2D eigenvalue weighted by atomic mass is 16.7. The molecule has 3 nitrogen and oxygen atoms in total. The second-order valence-electron chi connectivity index (χ2n) is 1.88. The lowest BCUT2D eigenvalue weighted by atomic mass is 10.5. The lowest BCUT2D eigenvalue weighted by Crippen LogP contribution is -2.18. The van der Waals surface area contributed by atoms with Crippen LogP contribution in [0.5, 0.6) is 5.95 Å². The van der Waals surface area contributed by atoms with Crippen molar-refractivity contribution in [3.8, 4) is 18.3 Å². The number of hydrogen-bond donors (Lipinski definition) is 1. The van der Waals surface area contributed by atoms with E-state index in [-0.39, 0.29) is 0 Å². The molecule has 0 saturated carbocycles. The molecule has 0 spiro atoms. The normalized spacial score (nSPS) is 9.00. The molecule has 1 N–H and O–H groups in total. The minimum Gasteiger partial charge on any atom is -0.433 e. The Labute approximate surface area is 65.3 Å². The molecule has 58 valence electrons. The van der Waals surface area contributed by atoms with Crippen LogP contribution in [0.25, 0.3) is 0 Å². The zero-order chi connectivity index (χ0) is 7.94. The van der Waals surface area contributed by atoms with Crippen molar-refractivity contribution in [2.24, 2.45) is 0 Å². The Hall–Kier alpha value is -1.40. The van der Waals surface area contributed by atoms with E-state index < -0.39 is 0 Å². The van der Waals surface area contributed by atoms with Crippen LogP contribution < -0.4 is 10.3 Å². The van der Waals surface area contributed by atoms with E-state index in [4.69, 9.17) is 15.7 Å². The number of hydroxylamine groups is 1. The van der Waals surface area contributed by atoms with Gasteiger partial charge in [-0.1, -0.05) is 0 Å². The van der Waals surface area contributed by atoms with Crippen LogP contribution in [0.3, 0.4) is 0 Å². The van der Waals surface area contributed by atoms with E-state index in [1.54, 1.807) is 12.1 Å². The van der Waals surface area contributed by atoms with Crippen molar-refractivity contribution in [1.82, 2.24) is 5.48 Å². The summed E-state index contributed by atoms with van der Waals surface area (Å²) in [6.07, 6.45) is 7.20. The number of nitrogens with one attached hydrogen (secondary N) is 1. The second kappa shape index (κ2) is 4.42. The van der Waals surface area contributed by atoms with Gasteiger partial charge in [0.2, 0.25) is 0 Å². The van der Waals surface area contributed by atoms with Crippen molar-refractivity contribution in [3.05, 3.63) is 18.4 Å². The van der Waals surface area contributed by atoms with Crippen LogP contribution in [0.15, 0.2) is 22.8 Å². The summed E-state index contributed by atoms with van der Waals surface area (Å²) in [6, 6.07) is 3.46. The molecule has 0 bridgehead atoms. The molecule has 0 atom stereocenters. The summed E-state index contributed by atoms with van der Waals surface area (Å²) >= 11 is 0. The van der Waals surface area contributed by atoms with Crippen molar-refractivity contribution in [1.29, 1.82) is 0 Å². The van der Waals surface area contributed by atoms with Gasteiger partial charge >= 0.3 is 5.95 Å². The third-order valence-corrected chi connectivity index (χ3v) is 1.04. The third kappa shape index (κ3) is 2.78. The minimum absolute atomic E-state index is 0.446. The van der Waals surface area contributed by atoms with Crippen LogP contribution in [-0.2, 0) is 0 Å². The van der Waals surface area contributed by atoms with Gasteiger partial charge in [-0.25, -0.2) is 0 Å². The fourth-order valence-corrected chi connectivity index (χ4v) is 0.567. The molecule has 0 saturated heterocycles. The summed E-state index contributed by atoms with van der Waals surface area (Å²) in [5, 5.41) is 0. The summed E-state index contributed by atoms with van der Waals surface area (Å²) in [6.45, 7) is 0.622. The van der Waals surface area contributed by atoms with Gasteiger partial charge in [0.25, 0.3) is 0 Å². The van der Waals surface area contributed by atoms with Gasteiger partial charge in [0.1, 0.15) is 0 Å². The highest BCUT2D eigenvalue weighted by Crippen LogP contribution is 2.07.